The molecule has 0 radical (unpaired) electrons. The number of hydrogen-bond acceptors (Lipinski definition) is 4. The summed E-state index contributed by atoms with van der Waals surface area (Å²) in [5, 5.41) is 3.65. The van der Waals surface area contributed by atoms with E-state index in [1.807, 2.05) is 4.90 Å². The van der Waals surface area contributed by atoms with E-state index in [1.165, 1.54) is 18.9 Å². The van der Waals surface area contributed by atoms with Crippen LogP contribution < -0.4 is 10.1 Å². The number of hydrogen-bond donors (Lipinski definition) is 1. The third-order valence-electron chi connectivity index (χ3n) is 6.40. The number of nitrogens with zero attached hydrogens (tertiary/aromatic N) is 2. The number of carbonyl (C=O) groups excluding carboxylic acids is 1. The monoisotopic (exact) mass is 375 g/mol. The van der Waals surface area contributed by atoms with Gasteiger partial charge < -0.3 is 15.0 Å². The van der Waals surface area contributed by atoms with Crippen LogP contribution in [0.4, 0.5) is 4.39 Å². The number of carbonyl (C=O) groups is 1. The highest BCUT2D eigenvalue weighted by Gasteiger charge is 2.35. The molecule has 27 heavy (non-hydrogen) atoms. The summed E-state index contributed by atoms with van der Waals surface area (Å²) in [5.74, 6) is 1.33. The van der Waals surface area contributed by atoms with Crippen molar-refractivity contribution in [2.45, 2.75) is 50.7 Å². The van der Waals surface area contributed by atoms with E-state index in [9.17, 15) is 9.18 Å². The lowest BCUT2D eigenvalue weighted by atomic mass is 9.89. The van der Waals surface area contributed by atoms with Crippen molar-refractivity contribution in [3.8, 4) is 5.75 Å². The highest BCUT2D eigenvalue weighted by molar-refractivity contribution is 5.76. The molecular formula is C21H30FN3O2. The number of piperazine rings is 1. The molecule has 3 fully saturated rings. The van der Waals surface area contributed by atoms with E-state index in [0.717, 1.165) is 50.3 Å². The number of piperidine rings is 1. The molecule has 0 saturated carbocycles. The molecule has 3 saturated heterocycles. The summed E-state index contributed by atoms with van der Waals surface area (Å²) in [5.41, 5.74) is 0.863. The number of benzene rings is 1. The zero-order valence-corrected chi connectivity index (χ0v) is 16.1. The number of rotatable bonds is 5. The third-order valence-corrected chi connectivity index (χ3v) is 6.40. The molecule has 2 atom stereocenters. The van der Waals surface area contributed by atoms with E-state index in [-0.39, 0.29) is 5.82 Å². The Morgan fingerprint density at radius 1 is 1.19 bits per heavy atom. The molecule has 0 aromatic heterocycles. The Morgan fingerprint density at radius 3 is 2.56 bits per heavy atom. The standard InChI is InChI=1S/C21H30FN3O2/c1-27-20-5-2-17(22)13-16(20)14-24-6-8-25(9-7-24)21(26)12-15-10-18-3-4-19(11-15)23-18/h2,5,13,15,18-19,23H,3-4,6-12,14H2,1H3. The van der Waals surface area contributed by atoms with Crippen LogP contribution in [0.1, 0.15) is 37.7 Å². The van der Waals surface area contributed by atoms with Gasteiger partial charge in [0, 0.05) is 56.8 Å². The average molecular weight is 375 g/mol. The predicted octanol–water partition coefficient (Wildman–Crippen LogP) is 2.40. The molecule has 2 unspecified atom stereocenters. The minimum absolute atomic E-state index is 0.240. The van der Waals surface area contributed by atoms with Crippen LogP contribution in [0.2, 0.25) is 0 Å². The van der Waals surface area contributed by atoms with E-state index in [2.05, 4.69) is 10.2 Å². The van der Waals surface area contributed by atoms with Crippen molar-refractivity contribution in [1.29, 1.82) is 0 Å². The van der Waals surface area contributed by atoms with E-state index in [4.69, 9.17) is 4.74 Å². The molecule has 2 bridgehead atoms. The number of methoxy groups -OCH3 is 1. The number of halogens is 1. The van der Waals surface area contributed by atoms with Gasteiger partial charge in [-0.2, -0.15) is 0 Å². The van der Waals surface area contributed by atoms with Crippen molar-refractivity contribution < 1.29 is 13.9 Å². The largest absolute Gasteiger partial charge is 0.496 e. The van der Waals surface area contributed by atoms with Gasteiger partial charge in [-0.05, 0) is 49.8 Å². The Kier molecular flexibility index (Phi) is 5.64. The minimum Gasteiger partial charge on any atom is -0.496 e. The maximum Gasteiger partial charge on any atom is 0.222 e. The molecule has 6 heteroatoms. The molecule has 3 aliphatic rings. The van der Waals surface area contributed by atoms with Crippen molar-refractivity contribution in [3.63, 3.8) is 0 Å². The zero-order chi connectivity index (χ0) is 18.8. The summed E-state index contributed by atoms with van der Waals surface area (Å²) in [4.78, 5) is 17.0. The fraction of sp³-hybridized carbons (Fsp3) is 0.667. The highest BCUT2D eigenvalue weighted by atomic mass is 19.1. The minimum atomic E-state index is -0.240. The van der Waals surface area contributed by atoms with E-state index < -0.39 is 0 Å². The van der Waals surface area contributed by atoms with Crippen LogP contribution in [0.25, 0.3) is 0 Å². The molecule has 1 aromatic carbocycles. The normalized spacial score (nSPS) is 28.4. The van der Waals surface area contributed by atoms with Crippen LogP contribution >= 0.6 is 0 Å². The topological polar surface area (TPSA) is 44.8 Å². The molecule has 0 aliphatic carbocycles. The van der Waals surface area contributed by atoms with Gasteiger partial charge in [0.15, 0.2) is 0 Å². The average Bonchev–Trinajstić information content (AvgIpc) is 3.01. The smallest absolute Gasteiger partial charge is 0.222 e. The maximum atomic E-state index is 13.6. The highest BCUT2D eigenvalue weighted by Crippen LogP contribution is 2.33. The summed E-state index contributed by atoms with van der Waals surface area (Å²) in [6, 6.07) is 5.92. The van der Waals surface area contributed by atoms with Crippen LogP contribution in [-0.4, -0.2) is 61.1 Å². The van der Waals surface area contributed by atoms with Gasteiger partial charge in [0.1, 0.15) is 11.6 Å². The Hall–Kier alpha value is -1.66. The molecule has 4 rings (SSSR count). The van der Waals surface area contributed by atoms with Crippen molar-refractivity contribution in [2.24, 2.45) is 5.92 Å². The van der Waals surface area contributed by atoms with Crippen LogP contribution in [0, 0.1) is 11.7 Å². The Bertz CT molecular complexity index is 663. The molecule has 1 aromatic rings. The summed E-state index contributed by atoms with van der Waals surface area (Å²) >= 11 is 0. The fourth-order valence-corrected chi connectivity index (χ4v) is 4.98. The van der Waals surface area contributed by atoms with Gasteiger partial charge in [-0.3, -0.25) is 9.69 Å². The van der Waals surface area contributed by atoms with Gasteiger partial charge >= 0.3 is 0 Å². The van der Waals surface area contributed by atoms with Crippen molar-refractivity contribution in [3.05, 3.63) is 29.6 Å². The van der Waals surface area contributed by atoms with Crippen LogP contribution in [-0.2, 0) is 11.3 Å². The van der Waals surface area contributed by atoms with Gasteiger partial charge in [0.05, 0.1) is 7.11 Å². The van der Waals surface area contributed by atoms with Crippen molar-refractivity contribution in [1.82, 2.24) is 15.1 Å². The first-order valence-corrected chi connectivity index (χ1v) is 10.2. The molecule has 1 amide bonds. The third kappa shape index (κ3) is 4.43. The SMILES string of the molecule is COc1ccc(F)cc1CN1CCN(C(=O)CC2CC3CCC(C2)N3)CC1. The summed E-state index contributed by atoms with van der Waals surface area (Å²) < 4.78 is 18.9. The lowest BCUT2D eigenvalue weighted by Crippen LogP contribution is -2.49. The first-order valence-electron chi connectivity index (χ1n) is 10.2. The van der Waals surface area contributed by atoms with E-state index in [1.54, 1.807) is 19.2 Å². The first-order chi connectivity index (χ1) is 13.1. The van der Waals surface area contributed by atoms with E-state index >= 15 is 0 Å². The molecule has 3 heterocycles. The molecule has 0 spiro atoms. The molecule has 3 aliphatic heterocycles. The Morgan fingerprint density at radius 2 is 1.89 bits per heavy atom. The van der Waals surface area contributed by atoms with E-state index in [0.29, 0.717) is 36.9 Å². The number of ether oxygens (including phenoxy) is 1. The predicted molar refractivity (Wildman–Crippen MR) is 102 cm³/mol. The van der Waals surface area contributed by atoms with Crippen LogP contribution in [0.5, 0.6) is 5.75 Å². The summed E-state index contributed by atoms with van der Waals surface area (Å²) in [6.45, 7) is 3.81. The second-order valence-electron chi connectivity index (χ2n) is 8.29. The van der Waals surface area contributed by atoms with Gasteiger partial charge in [-0.1, -0.05) is 0 Å². The first kappa shape index (κ1) is 18.7. The fourth-order valence-electron chi connectivity index (χ4n) is 4.98. The van der Waals surface area contributed by atoms with Gasteiger partial charge in [0.25, 0.3) is 0 Å². The lowest BCUT2D eigenvalue weighted by Gasteiger charge is -2.36. The molecular weight excluding hydrogens is 345 g/mol. The van der Waals surface area contributed by atoms with Gasteiger partial charge in [-0.25, -0.2) is 4.39 Å². The quantitative estimate of drug-likeness (QED) is 0.858. The van der Waals surface area contributed by atoms with Crippen LogP contribution in [0.3, 0.4) is 0 Å². The maximum absolute atomic E-state index is 13.6. The Balaban J connectivity index is 1.26. The molecule has 1 N–H and O–H groups in total. The van der Waals surface area contributed by atoms with Gasteiger partial charge in [-0.15, -0.1) is 0 Å². The number of nitrogens with one attached hydrogen (secondary N) is 1. The lowest BCUT2D eigenvalue weighted by molar-refractivity contribution is -0.134. The number of amides is 1. The van der Waals surface area contributed by atoms with Gasteiger partial charge in [0.2, 0.25) is 5.91 Å². The molecule has 5 nitrogen and oxygen atoms in total. The number of fused-ring (bicyclic) bond motifs is 2. The summed E-state index contributed by atoms with van der Waals surface area (Å²) in [6.07, 6.45) is 5.56. The van der Waals surface area contributed by atoms with Crippen molar-refractivity contribution in [2.75, 3.05) is 33.3 Å². The van der Waals surface area contributed by atoms with Crippen LogP contribution in [0.15, 0.2) is 18.2 Å². The molecule has 148 valence electrons. The second-order valence-corrected chi connectivity index (χ2v) is 8.29. The van der Waals surface area contributed by atoms with Crippen molar-refractivity contribution >= 4 is 5.91 Å². The zero-order valence-electron chi connectivity index (χ0n) is 16.1. The Labute approximate surface area is 160 Å². The second kappa shape index (κ2) is 8.15. The summed E-state index contributed by atoms with van der Waals surface area (Å²) in [7, 11) is 1.61.